The molecule has 3 aromatic rings. The summed E-state index contributed by atoms with van der Waals surface area (Å²) in [6, 6.07) is 24.9. The van der Waals surface area contributed by atoms with Crippen LogP contribution in [0.4, 0.5) is 0 Å². The van der Waals surface area contributed by atoms with Crippen molar-refractivity contribution in [2.45, 2.75) is 102 Å². The van der Waals surface area contributed by atoms with E-state index in [4.69, 9.17) is 9.47 Å². The van der Waals surface area contributed by atoms with Crippen LogP contribution in [0.3, 0.4) is 0 Å². The Morgan fingerprint density at radius 3 is 2.52 bits per heavy atom. The molecule has 8 atom stereocenters. The van der Waals surface area contributed by atoms with Gasteiger partial charge in [-0.1, -0.05) is 67.4 Å². The summed E-state index contributed by atoms with van der Waals surface area (Å²) in [5, 5.41) is 42.9. The second-order valence-electron chi connectivity index (χ2n) is 19.9. The third-order valence-corrected chi connectivity index (χ3v) is 16.4. The molecule has 4 fully saturated rings. The Morgan fingerprint density at radius 2 is 1.72 bits per heavy atom. The zero-order valence-electron chi connectivity index (χ0n) is 37.7. The number of phenols is 1. The van der Waals surface area contributed by atoms with E-state index in [0.717, 1.165) is 72.2 Å². The Balaban J connectivity index is 1.09. The molecule has 11 rings (SSSR count). The number of hydrogen-bond donors (Lipinski definition) is 6. The molecule has 2 saturated carbocycles. The van der Waals surface area contributed by atoms with E-state index in [9.17, 15) is 24.9 Å². The molecule has 1 spiro atoms. The fraction of sp³-hybridized carbons (Fsp3) is 0.491. The molecule has 342 valence electrons. The normalized spacial score (nSPS) is 29.6. The van der Waals surface area contributed by atoms with Crippen LogP contribution in [0, 0.1) is 40.9 Å². The van der Waals surface area contributed by atoms with E-state index in [2.05, 4.69) is 58.4 Å². The molecule has 10 heteroatoms. The quantitative estimate of drug-likeness (QED) is 0.0825. The van der Waals surface area contributed by atoms with Crippen molar-refractivity contribution in [3.8, 4) is 16.9 Å². The Labute approximate surface area is 383 Å². The van der Waals surface area contributed by atoms with E-state index >= 15 is 0 Å². The van der Waals surface area contributed by atoms with Crippen molar-refractivity contribution < 1.29 is 34.4 Å². The van der Waals surface area contributed by atoms with Gasteiger partial charge in [-0.3, -0.25) is 0 Å². The molecule has 3 aromatic carbocycles. The van der Waals surface area contributed by atoms with Crippen LogP contribution in [-0.2, 0) is 32.0 Å². The van der Waals surface area contributed by atoms with Crippen LogP contribution in [-0.4, -0.2) is 66.3 Å². The predicted molar refractivity (Wildman–Crippen MR) is 250 cm³/mol. The molecule has 65 heavy (non-hydrogen) atoms. The Bertz CT molecular complexity index is 2420. The van der Waals surface area contributed by atoms with Crippen molar-refractivity contribution in [1.29, 1.82) is 0 Å². The first kappa shape index (κ1) is 44.0. The SMILES string of the molecule is CN[C@@H]1C[C@@H]([C@H](CO)C/C=C2\OC(=O)C3=C2CC[C@H]2[C@H]4CC[C@]5(C(=C4c4cc(O)ccc4-c4cccc(CNC6CCCC6)c4)C(=O)O/C5=C\[C@H](CCO)Cc4ccccc4)[C@@H]32)CCN1. The molecule has 10 nitrogen and oxygen atoms in total. The Kier molecular flexibility index (Phi) is 12.7. The van der Waals surface area contributed by atoms with Gasteiger partial charge >= 0.3 is 11.9 Å². The molecular weight excluding hydrogens is 815 g/mol. The van der Waals surface area contributed by atoms with Crippen LogP contribution in [0.2, 0.25) is 0 Å². The molecule has 0 radical (unpaired) electrons. The number of carbonyl (C=O) groups excluding carboxylic acids is 2. The monoisotopic (exact) mass is 879 g/mol. The van der Waals surface area contributed by atoms with Gasteiger partial charge in [0.2, 0.25) is 0 Å². The number of carbonyl (C=O) groups is 2. The highest BCUT2D eigenvalue weighted by atomic mass is 16.6. The van der Waals surface area contributed by atoms with Crippen molar-refractivity contribution in [2.24, 2.45) is 40.9 Å². The number of aromatic hydroxyl groups is 1. The largest absolute Gasteiger partial charge is 0.508 e. The van der Waals surface area contributed by atoms with Gasteiger partial charge in [0, 0.05) is 42.9 Å². The number of esters is 2. The first-order chi connectivity index (χ1) is 31.8. The van der Waals surface area contributed by atoms with E-state index < -0.39 is 11.4 Å². The predicted octanol–water partition coefficient (Wildman–Crippen LogP) is 8.24. The van der Waals surface area contributed by atoms with E-state index in [1.54, 1.807) is 6.07 Å². The van der Waals surface area contributed by atoms with Gasteiger partial charge in [0.1, 0.15) is 17.3 Å². The van der Waals surface area contributed by atoms with Gasteiger partial charge in [-0.25, -0.2) is 9.59 Å². The minimum absolute atomic E-state index is 0.00650. The maximum Gasteiger partial charge on any atom is 0.340 e. The summed E-state index contributed by atoms with van der Waals surface area (Å²) in [6.07, 6.45) is 15.8. The Morgan fingerprint density at radius 1 is 0.892 bits per heavy atom. The van der Waals surface area contributed by atoms with Gasteiger partial charge in [0.15, 0.2) is 0 Å². The van der Waals surface area contributed by atoms with Gasteiger partial charge in [0.25, 0.3) is 0 Å². The summed E-state index contributed by atoms with van der Waals surface area (Å²) < 4.78 is 12.9. The fourth-order valence-electron chi connectivity index (χ4n) is 13.3. The van der Waals surface area contributed by atoms with Crippen LogP contribution in [0.1, 0.15) is 93.7 Å². The number of nitrogens with one attached hydrogen (secondary N) is 3. The maximum absolute atomic E-state index is 15.0. The average molecular weight is 880 g/mol. The number of aliphatic hydroxyl groups excluding tert-OH is 2. The summed E-state index contributed by atoms with van der Waals surface area (Å²) in [5.74, 6) is 0.363. The van der Waals surface area contributed by atoms with E-state index in [-0.39, 0.29) is 60.7 Å². The number of aliphatic hydroxyl groups is 2. The molecule has 0 unspecified atom stereocenters. The second-order valence-corrected chi connectivity index (χ2v) is 19.9. The molecule has 3 heterocycles. The Hall–Kier alpha value is -4.84. The number of piperidine rings is 1. The summed E-state index contributed by atoms with van der Waals surface area (Å²) >= 11 is 0. The topological polar surface area (TPSA) is 149 Å². The molecule has 3 aliphatic heterocycles. The van der Waals surface area contributed by atoms with E-state index in [1.165, 1.54) is 31.2 Å². The van der Waals surface area contributed by atoms with Crippen LogP contribution in [0.25, 0.3) is 16.7 Å². The third-order valence-electron chi connectivity index (χ3n) is 16.4. The molecule has 8 aliphatic rings. The van der Waals surface area contributed by atoms with E-state index in [0.29, 0.717) is 66.7 Å². The standard InChI is InChI=1S/C55H65N3O7/c1-56-48-29-36(21-24-57-48)38(32-60)14-19-46-44-18-17-43-42-20-23-55(51(43)50(44)53(62)64-46)47(28-34(22-25-59)26-33-8-3-2-4-9-33)65-54(63)52(55)49(42)45-30-40(61)15-16-41(45)37-11-7-10-35(27-37)31-58-39-12-5-6-13-39/h2-4,7-11,15-16,19,27-28,30,34,36,38-39,42-43,48,51,56-61H,5-6,12-14,17-18,20-26,29,31-32H2,1H3/b46-19-,47-28-/t34-,36+,38+,42-,43+,48+,51-,55-/m1/s1. The number of phenolic OH excluding ortho intramolecular Hbond substituents is 1. The molecular formula is C55H65N3O7. The van der Waals surface area contributed by atoms with Gasteiger partial charge < -0.3 is 40.7 Å². The average Bonchev–Trinajstić information content (AvgIpc) is 4.05. The lowest BCUT2D eigenvalue weighted by molar-refractivity contribution is -0.135. The number of fused-ring (bicyclic) bond motifs is 1. The number of cyclic esters (lactones) is 2. The summed E-state index contributed by atoms with van der Waals surface area (Å²) in [5.41, 5.74) is 7.28. The highest BCUT2D eigenvalue weighted by Crippen LogP contribution is 2.72. The number of rotatable bonds is 15. The minimum atomic E-state index is -0.952. The molecule has 2 saturated heterocycles. The molecule has 0 aromatic heterocycles. The van der Waals surface area contributed by atoms with Gasteiger partial charge in [-0.05, 0) is 178 Å². The third kappa shape index (κ3) is 8.24. The molecule has 5 aliphatic carbocycles. The van der Waals surface area contributed by atoms with Gasteiger partial charge in [-0.15, -0.1) is 0 Å². The first-order valence-electron chi connectivity index (χ1n) is 24.5. The zero-order chi connectivity index (χ0) is 44.7. The summed E-state index contributed by atoms with van der Waals surface area (Å²) in [4.78, 5) is 29.6. The van der Waals surface area contributed by atoms with Crippen molar-refractivity contribution >= 4 is 17.5 Å². The lowest BCUT2D eigenvalue weighted by Crippen LogP contribution is -2.52. The van der Waals surface area contributed by atoms with Crippen LogP contribution in [0.5, 0.6) is 5.75 Å². The highest BCUT2D eigenvalue weighted by molar-refractivity contribution is 6.07. The summed E-state index contributed by atoms with van der Waals surface area (Å²) in [6.45, 7) is 1.69. The van der Waals surface area contributed by atoms with Gasteiger partial charge in [0.05, 0.1) is 17.2 Å². The molecule has 6 N–H and O–H groups in total. The minimum Gasteiger partial charge on any atom is -0.508 e. The molecule has 2 bridgehead atoms. The maximum atomic E-state index is 15.0. The highest BCUT2D eigenvalue weighted by Gasteiger charge is 2.68. The molecule has 0 amide bonds. The van der Waals surface area contributed by atoms with Crippen LogP contribution >= 0.6 is 0 Å². The van der Waals surface area contributed by atoms with E-state index in [1.807, 2.05) is 43.5 Å². The van der Waals surface area contributed by atoms with Crippen molar-refractivity contribution in [3.63, 3.8) is 0 Å². The second kappa shape index (κ2) is 18.8. The number of hydrogen-bond acceptors (Lipinski definition) is 10. The van der Waals surface area contributed by atoms with Crippen molar-refractivity contribution in [2.75, 3.05) is 26.8 Å². The zero-order valence-corrected chi connectivity index (χ0v) is 37.7. The number of ether oxygens (including phenoxy) is 2. The van der Waals surface area contributed by atoms with Gasteiger partial charge in [-0.2, -0.15) is 0 Å². The van der Waals surface area contributed by atoms with Crippen molar-refractivity contribution in [1.82, 2.24) is 16.0 Å². The number of allylic oxidation sites excluding steroid dienone is 5. The lowest BCUT2D eigenvalue weighted by Gasteiger charge is -2.56. The van der Waals surface area contributed by atoms with Crippen LogP contribution in [0.15, 0.2) is 113 Å². The van der Waals surface area contributed by atoms with Crippen molar-refractivity contribution in [3.05, 3.63) is 130 Å². The first-order valence-corrected chi connectivity index (χ1v) is 24.5. The smallest absolute Gasteiger partial charge is 0.340 e. The lowest BCUT2D eigenvalue weighted by atomic mass is 9.44. The number of benzene rings is 3. The van der Waals surface area contributed by atoms with Crippen LogP contribution < -0.4 is 16.0 Å². The summed E-state index contributed by atoms with van der Waals surface area (Å²) in [7, 11) is 1.95. The fourth-order valence-corrected chi connectivity index (χ4v) is 13.3.